The zero-order valence-electron chi connectivity index (χ0n) is 12.5. The van der Waals surface area contributed by atoms with Crippen LogP contribution in [0, 0.1) is 0 Å². The molecule has 0 spiro atoms. The van der Waals surface area contributed by atoms with Gasteiger partial charge in [-0.3, -0.25) is 0 Å². The van der Waals surface area contributed by atoms with Gasteiger partial charge in [-0.05, 0) is 25.5 Å². The van der Waals surface area contributed by atoms with Crippen molar-refractivity contribution in [2.24, 2.45) is 5.73 Å². The fourth-order valence-electron chi connectivity index (χ4n) is 2.20. The number of hydrogen-bond acceptors (Lipinski definition) is 5. The molecule has 0 bridgehead atoms. The van der Waals surface area contributed by atoms with Crippen molar-refractivity contribution in [1.29, 1.82) is 0 Å². The van der Waals surface area contributed by atoms with Gasteiger partial charge in [-0.15, -0.1) is 0 Å². The van der Waals surface area contributed by atoms with E-state index in [2.05, 4.69) is 16.9 Å². The van der Waals surface area contributed by atoms with E-state index < -0.39 is 0 Å². The van der Waals surface area contributed by atoms with Crippen molar-refractivity contribution < 1.29 is 9.84 Å². The second-order valence-electron chi connectivity index (χ2n) is 4.95. The maximum absolute atomic E-state index is 9.51. The average molecular weight is 309 g/mol. The highest BCUT2D eigenvalue weighted by Crippen LogP contribution is 2.27. The summed E-state index contributed by atoms with van der Waals surface area (Å²) in [6, 6.07) is 5.75. The van der Waals surface area contributed by atoms with Gasteiger partial charge in [-0.2, -0.15) is 0 Å². The lowest BCUT2D eigenvalue weighted by Gasteiger charge is -2.19. The summed E-state index contributed by atoms with van der Waals surface area (Å²) in [5.41, 5.74) is 7.93. The van der Waals surface area contributed by atoms with Crippen molar-refractivity contribution in [2.45, 2.75) is 43.1 Å². The van der Waals surface area contributed by atoms with E-state index in [1.54, 1.807) is 0 Å². The molecule has 21 heavy (non-hydrogen) atoms. The monoisotopic (exact) mass is 309 g/mol. The predicted octanol–water partition coefficient (Wildman–Crippen LogP) is 2.54. The molecule has 0 amide bonds. The molecule has 2 aromatic rings. The molecule has 4 N–H and O–H groups in total. The molecule has 0 radical (unpaired) electrons. The van der Waals surface area contributed by atoms with Crippen molar-refractivity contribution in [3.8, 4) is 5.75 Å². The predicted molar refractivity (Wildman–Crippen MR) is 86.9 cm³/mol. The number of aliphatic hydroxyl groups excluding tert-OH is 1. The Balaban J connectivity index is 2.14. The molecule has 1 aromatic carbocycles. The Hall–Kier alpha value is -1.24. The Kier molecular flexibility index (Phi) is 5.90. The Morgan fingerprint density at radius 3 is 2.90 bits per heavy atom. The van der Waals surface area contributed by atoms with E-state index in [0.717, 1.165) is 34.8 Å². The molecule has 5 nitrogen and oxygen atoms in total. The third kappa shape index (κ3) is 4.12. The smallest absolute Gasteiger partial charge is 0.166 e. The van der Waals surface area contributed by atoms with Crippen LogP contribution < -0.4 is 10.5 Å². The molecule has 0 saturated heterocycles. The number of imidazole rings is 1. The zero-order chi connectivity index (χ0) is 15.2. The number of aromatic nitrogens is 2. The van der Waals surface area contributed by atoms with Crippen molar-refractivity contribution in [2.75, 3.05) is 13.2 Å². The number of aromatic amines is 1. The summed E-state index contributed by atoms with van der Waals surface area (Å²) < 4.78 is 5.48. The van der Waals surface area contributed by atoms with Crippen LogP contribution in [0.25, 0.3) is 11.0 Å². The van der Waals surface area contributed by atoms with Gasteiger partial charge < -0.3 is 20.6 Å². The van der Waals surface area contributed by atoms with Crippen molar-refractivity contribution in [3.63, 3.8) is 0 Å². The van der Waals surface area contributed by atoms with Gasteiger partial charge in [0.15, 0.2) is 5.16 Å². The van der Waals surface area contributed by atoms with Gasteiger partial charge in [0, 0.05) is 12.1 Å². The highest BCUT2D eigenvalue weighted by Gasteiger charge is 2.19. The van der Waals surface area contributed by atoms with Crippen LogP contribution in [-0.4, -0.2) is 39.6 Å². The number of nitrogens with one attached hydrogen (secondary N) is 1. The van der Waals surface area contributed by atoms with Gasteiger partial charge in [0.1, 0.15) is 5.75 Å². The van der Waals surface area contributed by atoms with Crippen LogP contribution >= 0.6 is 11.8 Å². The fraction of sp³-hybridized carbons (Fsp3) is 0.533. The van der Waals surface area contributed by atoms with Crippen LogP contribution in [0.3, 0.4) is 0 Å². The highest BCUT2D eigenvalue weighted by molar-refractivity contribution is 7.99. The molecule has 0 aliphatic rings. The minimum Gasteiger partial charge on any atom is -0.494 e. The normalized spacial score (nSPS) is 14.3. The summed E-state index contributed by atoms with van der Waals surface area (Å²) in [6.07, 6.45) is 1.91. The fourth-order valence-corrected chi connectivity index (χ4v) is 3.19. The van der Waals surface area contributed by atoms with Crippen molar-refractivity contribution >= 4 is 22.8 Å². The molecule has 2 unspecified atom stereocenters. The number of ether oxygens (including phenoxy) is 1. The van der Waals surface area contributed by atoms with Gasteiger partial charge in [0.05, 0.1) is 29.5 Å². The largest absolute Gasteiger partial charge is 0.494 e. The highest BCUT2D eigenvalue weighted by atomic mass is 32.2. The SMILES string of the molecule is CCCC(N)C(CO)Sc1nc2ccc(OCC)cc2[nH]1. The van der Waals surface area contributed by atoms with E-state index in [1.807, 2.05) is 25.1 Å². The minimum atomic E-state index is -0.0446. The molecule has 0 aliphatic carbocycles. The second kappa shape index (κ2) is 7.68. The molecule has 1 aromatic heterocycles. The molecule has 0 fully saturated rings. The van der Waals surface area contributed by atoms with Crippen molar-refractivity contribution in [3.05, 3.63) is 18.2 Å². The standard InChI is InChI=1S/C15H23N3O2S/c1-3-5-11(16)14(9-19)21-15-17-12-7-6-10(20-4-2)8-13(12)18-15/h6-8,11,14,19H,3-5,9,16H2,1-2H3,(H,17,18). The topological polar surface area (TPSA) is 84.2 Å². The molecular formula is C15H23N3O2S. The third-order valence-corrected chi connectivity index (χ3v) is 4.50. The summed E-state index contributed by atoms with van der Waals surface area (Å²) >= 11 is 1.50. The van der Waals surface area contributed by atoms with Crippen LogP contribution in [-0.2, 0) is 0 Å². The van der Waals surface area contributed by atoms with E-state index in [1.165, 1.54) is 11.8 Å². The van der Waals surface area contributed by atoms with Gasteiger partial charge in [0.2, 0.25) is 0 Å². The number of nitrogens with two attached hydrogens (primary N) is 1. The van der Waals surface area contributed by atoms with Crippen LogP contribution in [0.4, 0.5) is 0 Å². The summed E-state index contributed by atoms with van der Waals surface area (Å²) in [4.78, 5) is 7.79. The van der Waals surface area contributed by atoms with E-state index >= 15 is 0 Å². The molecule has 2 rings (SSSR count). The number of nitrogens with zero attached hydrogens (tertiary/aromatic N) is 1. The number of H-pyrrole nitrogens is 1. The van der Waals surface area contributed by atoms with Crippen molar-refractivity contribution in [1.82, 2.24) is 9.97 Å². The second-order valence-corrected chi connectivity index (χ2v) is 6.17. The average Bonchev–Trinajstić information content (AvgIpc) is 2.87. The Morgan fingerprint density at radius 1 is 1.43 bits per heavy atom. The molecule has 0 aliphatic heterocycles. The lowest BCUT2D eigenvalue weighted by atomic mass is 10.1. The lowest BCUT2D eigenvalue weighted by Crippen LogP contribution is -2.34. The molecule has 6 heteroatoms. The maximum Gasteiger partial charge on any atom is 0.166 e. The molecule has 1 heterocycles. The first-order valence-electron chi connectivity index (χ1n) is 7.33. The first-order valence-corrected chi connectivity index (χ1v) is 8.21. The van der Waals surface area contributed by atoms with Crippen LogP contribution in [0.5, 0.6) is 5.75 Å². The van der Waals surface area contributed by atoms with E-state index in [0.29, 0.717) is 6.61 Å². The molecular weight excluding hydrogens is 286 g/mol. The number of benzene rings is 1. The van der Waals surface area contributed by atoms with Crippen LogP contribution in [0.2, 0.25) is 0 Å². The van der Waals surface area contributed by atoms with E-state index in [-0.39, 0.29) is 17.9 Å². The summed E-state index contributed by atoms with van der Waals surface area (Å²) in [7, 11) is 0. The number of rotatable bonds is 8. The zero-order valence-corrected chi connectivity index (χ0v) is 13.3. The first-order chi connectivity index (χ1) is 10.2. The van der Waals surface area contributed by atoms with Gasteiger partial charge in [-0.1, -0.05) is 25.1 Å². The molecule has 116 valence electrons. The van der Waals surface area contributed by atoms with E-state index in [4.69, 9.17) is 10.5 Å². The Labute approximate surface area is 129 Å². The summed E-state index contributed by atoms with van der Waals surface area (Å²) in [6.45, 7) is 4.74. The number of hydrogen-bond donors (Lipinski definition) is 3. The van der Waals surface area contributed by atoms with Crippen LogP contribution in [0.1, 0.15) is 26.7 Å². The Bertz CT molecular complexity index is 573. The Morgan fingerprint density at radius 2 is 2.24 bits per heavy atom. The number of fused-ring (bicyclic) bond motifs is 1. The summed E-state index contributed by atoms with van der Waals surface area (Å²) in [5, 5.41) is 10.2. The quantitative estimate of drug-likeness (QED) is 0.653. The molecule has 0 saturated carbocycles. The maximum atomic E-state index is 9.51. The van der Waals surface area contributed by atoms with Gasteiger partial charge in [0.25, 0.3) is 0 Å². The molecule has 2 atom stereocenters. The van der Waals surface area contributed by atoms with Crippen LogP contribution in [0.15, 0.2) is 23.4 Å². The number of thioether (sulfide) groups is 1. The van der Waals surface area contributed by atoms with Gasteiger partial charge >= 0.3 is 0 Å². The third-order valence-electron chi connectivity index (χ3n) is 3.29. The minimum absolute atomic E-state index is 0.0304. The first kappa shape index (κ1) is 16.1. The summed E-state index contributed by atoms with van der Waals surface area (Å²) in [5.74, 6) is 0.826. The number of aliphatic hydroxyl groups is 1. The lowest BCUT2D eigenvalue weighted by molar-refractivity contribution is 0.279. The van der Waals surface area contributed by atoms with Gasteiger partial charge in [-0.25, -0.2) is 4.98 Å². The van der Waals surface area contributed by atoms with E-state index in [9.17, 15) is 5.11 Å².